The zero-order valence-corrected chi connectivity index (χ0v) is 74.9. The molecule has 0 amide bonds. The first kappa shape index (κ1) is 104. The minimum absolute atomic E-state index is 0.0270. The number of esters is 3. The number of hydrogen-bond donors (Lipinski definition) is 21. The van der Waals surface area contributed by atoms with Crippen LogP contribution in [0.2, 0.25) is 0 Å². The number of aldehydes is 1. The molecule has 12 rings (SSSR count). The second-order valence-corrected chi connectivity index (χ2v) is 40.1. The molecule has 12 aliphatic rings. The van der Waals surface area contributed by atoms with Crippen molar-refractivity contribution < 1.29 is 207 Å². The van der Waals surface area contributed by atoms with E-state index in [4.69, 9.17) is 75.8 Å². The molecule has 0 unspecified atom stereocenters. The fourth-order valence-electron chi connectivity index (χ4n) is 22.9. The molecule has 48 atom stereocenters. The van der Waals surface area contributed by atoms with Crippen LogP contribution in [0.3, 0.4) is 0 Å². The first-order valence-corrected chi connectivity index (χ1v) is 45.4. The highest BCUT2D eigenvalue weighted by Gasteiger charge is 2.74. The molecule has 7 aliphatic heterocycles. The van der Waals surface area contributed by atoms with Gasteiger partial charge in [-0.1, -0.05) is 93.7 Å². The average molecular weight is 1860 g/mol. The van der Waals surface area contributed by atoms with E-state index in [0.717, 1.165) is 11.9 Å². The predicted molar refractivity (Wildman–Crippen MR) is 431 cm³/mol. The Balaban J connectivity index is 0.802. The molecule has 11 fully saturated rings. The van der Waals surface area contributed by atoms with Gasteiger partial charge in [0.05, 0.1) is 87.4 Å². The van der Waals surface area contributed by atoms with Gasteiger partial charge in [0.1, 0.15) is 140 Å². The van der Waals surface area contributed by atoms with Crippen LogP contribution in [-0.2, 0) is 99.8 Å². The SMILES string of the molecule is CC[C@@H](C)[C@@H](C[C@H](O)CC(=O)O[C@H]1[C@@H](O)[C@@H](C)O[C@@H](OC(=O)[C@]23CCC(C)(C)C[C@H]2C2=CC[C@@H]4[C@@]5(C)CC[C@H](O[C@@H]6O[C@H](C(=O)O)[C@@H](O)[C@H](O[C@@H]7OC[C@@H](O)[C@H](O)[C@H]7O)[C@H]6O[C@@H]6O[C@H](CO)[C@H](O)[C@H](O)[C@H]6O)[C@@](C)(C=O)[C@@H]5CC[C@@]4(C)[C@]2(C)C[C@H]3O)[C@@H]1O[C@@H]1O[C@@H](C)[C@H](O[C@@H]2OC[C@@H](O)[C@H](O)[C@H]2O)[C@@H](O)[C@H]1O)OC(=O)C[C@@H](O)C[C@H](O[C@@H]1O[C@@H](CO)[C@H](O)[C@H]1O)[C@@H](C)CC. The van der Waals surface area contributed by atoms with Gasteiger partial charge in [0, 0.05) is 12.8 Å². The Kier molecular flexibility index (Phi) is 33.3. The third-order valence-electron chi connectivity index (χ3n) is 31.4. The van der Waals surface area contributed by atoms with E-state index in [9.17, 15) is 126 Å². The summed E-state index contributed by atoms with van der Waals surface area (Å²) in [5.74, 6) is -7.24. The lowest BCUT2D eigenvalue weighted by Crippen LogP contribution is -2.69. The zero-order valence-electron chi connectivity index (χ0n) is 74.9. The van der Waals surface area contributed by atoms with Crippen LogP contribution >= 0.6 is 0 Å². The van der Waals surface area contributed by atoms with Crippen LogP contribution in [0.25, 0.3) is 0 Å². The van der Waals surface area contributed by atoms with Gasteiger partial charge in [-0.05, 0) is 123 Å². The molecule has 0 radical (unpaired) electrons. The fraction of sp³-hybridized carbons (Fsp3) is 0.920. The van der Waals surface area contributed by atoms with Gasteiger partial charge in [0.15, 0.2) is 56.1 Å². The Labute approximate surface area is 747 Å². The summed E-state index contributed by atoms with van der Waals surface area (Å²) in [7, 11) is 0. The summed E-state index contributed by atoms with van der Waals surface area (Å²) in [4.78, 5) is 72.3. The van der Waals surface area contributed by atoms with E-state index >= 15 is 4.79 Å². The highest BCUT2D eigenvalue weighted by molar-refractivity contribution is 5.80. The predicted octanol–water partition coefficient (Wildman–Crippen LogP) is -4.15. The lowest BCUT2D eigenvalue weighted by atomic mass is 9.33. The van der Waals surface area contributed by atoms with Gasteiger partial charge in [-0.25, -0.2) is 4.79 Å². The van der Waals surface area contributed by atoms with Crippen molar-refractivity contribution in [3.05, 3.63) is 11.6 Å². The van der Waals surface area contributed by atoms with Gasteiger partial charge in [-0.2, -0.15) is 0 Å². The van der Waals surface area contributed by atoms with Crippen molar-refractivity contribution in [2.75, 3.05) is 26.4 Å². The van der Waals surface area contributed by atoms with Gasteiger partial charge in [0.2, 0.25) is 6.29 Å². The number of allylic oxidation sites excluding steroid dienone is 2. The van der Waals surface area contributed by atoms with Crippen LogP contribution in [0.15, 0.2) is 11.6 Å². The molecule has 0 spiro atoms. The average Bonchev–Trinajstić information content (AvgIpc) is 0.816. The quantitative estimate of drug-likeness (QED) is 0.00999. The number of carboxylic acid groups (broad SMARTS) is 1. The summed E-state index contributed by atoms with van der Waals surface area (Å²) in [6, 6.07) is 0. The van der Waals surface area contributed by atoms with Crippen molar-refractivity contribution in [1.82, 2.24) is 0 Å². The number of aliphatic hydroxyl groups excluding tert-OH is 20. The Morgan fingerprint density at radius 1 is 0.504 bits per heavy atom. The van der Waals surface area contributed by atoms with Crippen molar-refractivity contribution >= 4 is 30.2 Å². The van der Waals surface area contributed by atoms with E-state index in [1.807, 2.05) is 20.8 Å². The van der Waals surface area contributed by atoms with E-state index in [1.54, 1.807) is 27.7 Å². The molecule has 740 valence electrons. The summed E-state index contributed by atoms with van der Waals surface area (Å²) in [6.45, 7) is 19.3. The number of ether oxygens (including phenoxy) is 16. The smallest absolute Gasteiger partial charge is 0.335 e. The number of carbonyl (C=O) groups excluding carboxylic acids is 4. The van der Waals surface area contributed by atoms with E-state index < -0.39 is 347 Å². The van der Waals surface area contributed by atoms with Gasteiger partial charge < -0.3 is 188 Å². The molecule has 0 aromatic rings. The minimum Gasteiger partial charge on any atom is -0.479 e. The van der Waals surface area contributed by atoms with E-state index in [-0.39, 0.29) is 43.9 Å². The third kappa shape index (κ3) is 20.2. The monoisotopic (exact) mass is 1860 g/mol. The maximum atomic E-state index is 16.4. The van der Waals surface area contributed by atoms with Crippen LogP contribution in [-0.4, -0.2) is 397 Å². The molecule has 0 bridgehead atoms. The number of carboxylic acids is 1. The van der Waals surface area contributed by atoms with Crippen molar-refractivity contribution in [3.8, 4) is 0 Å². The molecule has 4 saturated carbocycles. The number of hydrogen-bond acceptors (Lipinski definition) is 41. The maximum absolute atomic E-state index is 16.4. The minimum atomic E-state index is -2.26. The zero-order chi connectivity index (χ0) is 94.9. The molecule has 5 aliphatic carbocycles. The molecule has 42 nitrogen and oxygen atoms in total. The Hall–Kier alpha value is -4.03. The van der Waals surface area contributed by atoms with Crippen LogP contribution < -0.4 is 0 Å². The Morgan fingerprint density at radius 2 is 1.02 bits per heavy atom. The van der Waals surface area contributed by atoms with Crippen LogP contribution in [0, 0.1) is 62.1 Å². The van der Waals surface area contributed by atoms with E-state index in [2.05, 4.69) is 26.8 Å². The van der Waals surface area contributed by atoms with Crippen molar-refractivity contribution in [2.45, 2.75) is 413 Å². The number of carbonyl (C=O) groups is 5. The number of rotatable bonds is 32. The molecule has 7 heterocycles. The van der Waals surface area contributed by atoms with E-state index in [0.29, 0.717) is 51.4 Å². The molecule has 129 heavy (non-hydrogen) atoms. The topological polar surface area (TPSA) is 658 Å². The summed E-state index contributed by atoms with van der Waals surface area (Å²) in [6.07, 6.45) is -61.9. The molecule has 0 aromatic carbocycles. The number of aliphatic carboxylic acids is 1. The molecule has 0 aromatic heterocycles. The fourth-order valence-corrected chi connectivity index (χ4v) is 22.9. The second kappa shape index (κ2) is 41.3. The highest BCUT2D eigenvalue weighted by Crippen LogP contribution is 2.76. The first-order chi connectivity index (χ1) is 60.5. The molecule has 21 N–H and O–H groups in total. The lowest BCUT2D eigenvalue weighted by Gasteiger charge is -2.71. The molecular weight excluding hydrogens is 1720 g/mol. The van der Waals surface area contributed by atoms with Gasteiger partial charge >= 0.3 is 23.9 Å². The lowest BCUT2D eigenvalue weighted by molar-refractivity contribution is -0.391. The van der Waals surface area contributed by atoms with Crippen molar-refractivity contribution in [3.63, 3.8) is 0 Å². The summed E-state index contributed by atoms with van der Waals surface area (Å²) in [5, 5.41) is 233. The Bertz CT molecular complexity index is 3790. The van der Waals surface area contributed by atoms with Crippen molar-refractivity contribution in [2.24, 2.45) is 62.1 Å². The maximum Gasteiger partial charge on any atom is 0.335 e. The van der Waals surface area contributed by atoms with Gasteiger partial charge in [0.25, 0.3) is 0 Å². The van der Waals surface area contributed by atoms with E-state index in [1.165, 1.54) is 13.8 Å². The summed E-state index contributed by atoms with van der Waals surface area (Å²) >= 11 is 0. The second-order valence-electron chi connectivity index (χ2n) is 40.1. The summed E-state index contributed by atoms with van der Waals surface area (Å²) < 4.78 is 96.9. The van der Waals surface area contributed by atoms with Gasteiger partial charge in [-0.15, -0.1) is 0 Å². The summed E-state index contributed by atoms with van der Waals surface area (Å²) in [5.41, 5.74) is -5.43. The highest BCUT2D eigenvalue weighted by atomic mass is 16.8. The molecular formula is C87H140O42. The standard InChI is InChI=1S/C87H140O42/c1-13-34(3)44(118-52(96)25-39(92)24-45(35(4)14-2)119-77-63(107)58(102)47(30-89)120-77)23-38(91)26-53(97)123-68-54(98)36(5)116-79(71(68)127-76-65(109)60(104)67(37(6)117-76)124-74-61(105)55(99)42(93)31-114-74)129-81(113)87-22-21-82(7,8)27-41(87)40-15-16-49-83(9)19-18-51(84(10,33-90)48(83)17-20-85(49,11)86(40,12)28-50(87)95)122-80-72(128-78-64(108)59(103)57(101)46(29-88)121-78)69(66(110)70(126-80)73(111)112)125-75-62(106)56(100)43(94)32-115-75/h15,33-39,41-51,54-72,74-80,88-89,91-95,98-110H,13-14,16-32H2,1-12H3,(H,111,112)/t34-,35+,36-,37+,38+,39+,41+,42-,43-,44-,45+,46-,47+,48-,49-,50-,51+,54+,55+,56+,57+,58+,59+,60+,61-,62-,63-,64-,65-,66+,67+,68+,69+,70+,71-,72-,74+,75+,76+,77-,78+,79+,80-,83+,84+,85-,86-,87-/m1/s1. The largest absolute Gasteiger partial charge is 0.479 e. The first-order valence-electron chi connectivity index (χ1n) is 45.4. The Morgan fingerprint density at radius 3 is 1.61 bits per heavy atom. The normalized spacial score (nSPS) is 48.4. The van der Waals surface area contributed by atoms with Crippen LogP contribution in [0.1, 0.15) is 179 Å². The van der Waals surface area contributed by atoms with Gasteiger partial charge in [-0.3, -0.25) is 14.4 Å². The molecule has 42 heteroatoms. The number of fused-ring (bicyclic) bond motifs is 7. The third-order valence-corrected chi connectivity index (χ3v) is 31.4. The number of aliphatic hydroxyl groups is 20. The molecule has 7 saturated heterocycles. The van der Waals surface area contributed by atoms with Crippen LogP contribution in [0.5, 0.6) is 0 Å². The van der Waals surface area contributed by atoms with Crippen LogP contribution in [0.4, 0.5) is 0 Å². The van der Waals surface area contributed by atoms with Crippen molar-refractivity contribution in [1.29, 1.82) is 0 Å².